The smallest absolute Gasteiger partial charge is 0.337 e. The van der Waals surface area contributed by atoms with E-state index in [1.54, 1.807) is 36.4 Å². The average Bonchev–Trinajstić information content (AvgIpc) is 2.99. The van der Waals surface area contributed by atoms with Crippen molar-refractivity contribution in [2.75, 3.05) is 25.6 Å². The fourth-order valence-electron chi connectivity index (χ4n) is 4.77. The number of hydrogen-bond acceptors (Lipinski definition) is 8. The second kappa shape index (κ2) is 11.7. The van der Waals surface area contributed by atoms with E-state index in [1.165, 1.54) is 7.11 Å². The molecule has 1 aliphatic heterocycles. The summed E-state index contributed by atoms with van der Waals surface area (Å²) in [5.41, 5.74) is 8.98. The van der Waals surface area contributed by atoms with Crippen molar-refractivity contribution in [1.29, 1.82) is 5.26 Å². The lowest BCUT2D eigenvalue weighted by Crippen LogP contribution is -2.22. The summed E-state index contributed by atoms with van der Waals surface area (Å²) < 4.78 is 22.3. The van der Waals surface area contributed by atoms with Gasteiger partial charge in [0.05, 0.1) is 25.2 Å². The van der Waals surface area contributed by atoms with Crippen LogP contribution < -0.4 is 25.3 Å². The van der Waals surface area contributed by atoms with Gasteiger partial charge in [0.2, 0.25) is 5.88 Å². The van der Waals surface area contributed by atoms with Crippen LogP contribution in [0.3, 0.4) is 0 Å². The highest BCUT2D eigenvalue weighted by atomic mass is 16.5. The third-order valence-electron chi connectivity index (χ3n) is 6.66. The molecule has 4 aromatic rings. The lowest BCUT2D eigenvalue weighted by Gasteiger charge is -2.28. The van der Waals surface area contributed by atoms with Gasteiger partial charge in [-0.2, -0.15) is 5.26 Å². The van der Waals surface area contributed by atoms with Gasteiger partial charge in [0.1, 0.15) is 17.4 Å². The molecular formula is C32H27N3O6. The summed E-state index contributed by atoms with van der Waals surface area (Å²) in [6.45, 7) is 1.92. The number of nitriles is 1. The molecule has 3 N–H and O–H groups in total. The number of anilines is 1. The summed E-state index contributed by atoms with van der Waals surface area (Å²) in [6.07, 6.45) is 0. The summed E-state index contributed by atoms with van der Waals surface area (Å²) >= 11 is 0. The van der Waals surface area contributed by atoms with Crippen molar-refractivity contribution in [2.24, 2.45) is 5.73 Å². The fourth-order valence-corrected chi connectivity index (χ4v) is 4.77. The first-order valence-corrected chi connectivity index (χ1v) is 12.9. The van der Waals surface area contributed by atoms with E-state index < -0.39 is 17.8 Å². The molecule has 0 saturated heterocycles. The molecule has 1 unspecified atom stereocenters. The predicted octanol–water partition coefficient (Wildman–Crippen LogP) is 5.26. The summed E-state index contributed by atoms with van der Waals surface area (Å²) in [4.78, 5) is 24.2. The normalized spacial score (nSPS) is 13.9. The number of amides is 1. The van der Waals surface area contributed by atoms with Crippen LogP contribution in [0, 0.1) is 11.3 Å². The lowest BCUT2D eigenvalue weighted by molar-refractivity contribution is -0.118. The number of methoxy groups -OCH3 is 1. The van der Waals surface area contributed by atoms with E-state index in [2.05, 4.69) is 16.1 Å². The van der Waals surface area contributed by atoms with Crippen molar-refractivity contribution in [3.8, 4) is 23.3 Å². The summed E-state index contributed by atoms with van der Waals surface area (Å²) in [5, 5.41) is 14.6. The molecule has 1 amide bonds. The number of allylic oxidation sites excluding steroid dienone is 1. The Balaban J connectivity index is 1.39. The van der Waals surface area contributed by atoms with Crippen molar-refractivity contribution < 1.29 is 28.5 Å². The van der Waals surface area contributed by atoms with Gasteiger partial charge in [-0.15, -0.1) is 0 Å². The van der Waals surface area contributed by atoms with Crippen LogP contribution in [0.5, 0.6) is 17.2 Å². The van der Waals surface area contributed by atoms with Gasteiger partial charge in [-0.05, 0) is 54.3 Å². The first-order valence-electron chi connectivity index (χ1n) is 12.9. The number of nitrogens with zero attached hydrogens (tertiary/aromatic N) is 1. The second-order valence-electron chi connectivity index (χ2n) is 9.17. The van der Waals surface area contributed by atoms with E-state index in [-0.39, 0.29) is 12.5 Å². The third-order valence-corrected chi connectivity index (χ3v) is 6.66. The van der Waals surface area contributed by atoms with Gasteiger partial charge in [-0.3, -0.25) is 4.79 Å². The minimum atomic E-state index is -0.488. The van der Waals surface area contributed by atoms with Crippen LogP contribution in [0.2, 0.25) is 0 Å². The van der Waals surface area contributed by atoms with Gasteiger partial charge < -0.3 is 30.0 Å². The van der Waals surface area contributed by atoms with Crippen LogP contribution >= 0.6 is 0 Å². The van der Waals surface area contributed by atoms with Crippen LogP contribution in [0.25, 0.3) is 10.8 Å². The number of nitrogens with one attached hydrogen (secondary N) is 1. The van der Waals surface area contributed by atoms with Gasteiger partial charge in [0.15, 0.2) is 18.1 Å². The zero-order valence-electron chi connectivity index (χ0n) is 22.5. The highest BCUT2D eigenvalue weighted by molar-refractivity contribution is 5.94. The molecule has 4 aromatic carbocycles. The molecule has 0 fully saturated rings. The summed E-state index contributed by atoms with van der Waals surface area (Å²) in [7, 11) is 1.30. The molecule has 1 atom stereocenters. The average molecular weight is 550 g/mol. The number of rotatable bonds is 8. The quantitative estimate of drug-likeness (QED) is 0.284. The molecule has 5 rings (SSSR count). The van der Waals surface area contributed by atoms with Gasteiger partial charge in [0, 0.05) is 16.6 Å². The lowest BCUT2D eigenvalue weighted by atomic mass is 9.82. The van der Waals surface area contributed by atoms with E-state index in [4.69, 9.17) is 19.9 Å². The molecule has 0 aliphatic carbocycles. The Morgan fingerprint density at radius 2 is 1.78 bits per heavy atom. The van der Waals surface area contributed by atoms with E-state index >= 15 is 0 Å². The molecule has 0 aromatic heterocycles. The Bertz CT molecular complexity index is 1710. The SMILES string of the molecule is CCOc1cc(C2C(C#N)=C(N)Oc3c2ccc2ccccc32)ccc1OCC(=O)Nc1ccc(C(=O)OC)cc1. The molecule has 9 nitrogen and oxygen atoms in total. The van der Waals surface area contributed by atoms with Crippen LogP contribution in [-0.2, 0) is 9.53 Å². The zero-order chi connectivity index (χ0) is 28.9. The number of carbonyl (C=O) groups is 2. The molecule has 0 bridgehead atoms. The molecular weight excluding hydrogens is 522 g/mol. The molecule has 0 spiro atoms. The van der Waals surface area contributed by atoms with Crippen LogP contribution in [-0.4, -0.2) is 32.2 Å². The van der Waals surface area contributed by atoms with Crippen molar-refractivity contribution in [1.82, 2.24) is 0 Å². The molecule has 9 heteroatoms. The molecule has 41 heavy (non-hydrogen) atoms. The highest BCUT2D eigenvalue weighted by Crippen LogP contribution is 2.46. The number of hydrogen-bond donors (Lipinski definition) is 2. The largest absolute Gasteiger partial charge is 0.490 e. The molecule has 206 valence electrons. The first-order chi connectivity index (χ1) is 19.9. The van der Waals surface area contributed by atoms with Crippen molar-refractivity contribution >= 4 is 28.3 Å². The van der Waals surface area contributed by atoms with Crippen LogP contribution in [0.4, 0.5) is 5.69 Å². The van der Waals surface area contributed by atoms with Gasteiger partial charge in [-0.1, -0.05) is 42.5 Å². The Morgan fingerprint density at radius 1 is 1.00 bits per heavy atom. The molecule has 1 heterocycles. The van der Waals surface area contributed by atoms with E-state index in [1.807, 2.05) is 49.4 Å². The monoisotopic (exact) mass is 549 g/mol. The number of carbonyl (C=O) groups excluding carboxylic acids is 2. The van der Waals surface area contributed by atoms with Crippen molar-refractivity contribution in [3.63, 3.8) is 0 Å². The number of esters is 1. The first kappa shape index (κ1) is 27.1. The zero-order valence-corrected chi connectivity index (χ0v) is 22.5. The Morgan fingerprint density at radius 3 is 2.51 bits per heavy atom. The maximum atomic E-state index is 12.6. The minimum Gasteiger partial charge on any atom is -0.490 e. The summed E-state index contributed by atoms with van der Waals surface area (Å²) in [5.74, 6) is 0.108. The van der Waals surface area contributed by atoms with E-state index in [0.29, 0.717) is 40.7 Å². The number of benzene rings is 4. The van der Waals surface area contributed by atoms with Gasteiger partial charge in [0.25, 0.3) is 5.91 Å². The third kappa shape index (κ3) is 5.49. The van der Waals surface area contributed by atoms with Crippen LogP contribution in [0.15, 0.2) is 90.3 Å². The maximum Gasteiger partial charge on any atom is 0.337 e. The van der Waals surface area contributed by atoms with E-state index in [0.717, 1.165) is 21.9 Å². The Labute approximate surface area is 236 Å². The maximum absolute atomic E-state index is 12.6. The van der Waals surface area contributed by atoms with Gasteiger partial charge >= 0.3 is 5.97 Å². The number of nitrogens with two attached hydrogens (primary N) is 1. The van der Waals surface area contributed by atoms with Crippen molar-refractivity contribution in [2.45, 2.75) is 12.8 Å². The molecule has 0 saturated carbocycles. The van der Waals surface area contributed by atoms with E-state index in [9.17, 15) is 14.9 Å². The topological polar surface area (TPSA) is 133 Å². The van der Waals surface area contributed by atoms with Gasteiger partial charge in [-0.25, -0.2) is 4.79 Å². The minimum absolute atomic E-state index is 0.0518. The molecule has 1 aliphatic rings. The highest BCUT2D eigenvalue weighted by Gasteiger charge is 2.32. The Kier molecular flexibility index (Phi) is 7.74. The summed E-state index contributed by atoms with van der Waals surface area (Å²) in [6, 6.07) is 25.6. The predicted molar refractivity (Wildman–Crippen MR) is 153 cm³/mol. The number of fused-ring (bicyclic) bond motifs is 3. The second-order valence-corrected chi connectivity index (χ2v) is 9.17. The van der Waals surface area contributed by atoms with Crippen molar-refractivity contribution in [3.05, 3.63) is 107 Å². The number of ether oxygens (including phenoxy) is 4. The fraction of sp³-hybridized carbons (Fsp3) is 0.156. The Hall–Kier alpha value is -5.49. The van der Waals surface area contributed by atoms with Crippen LogP contribution in [0.1, 0.15) is 34.3 Å². The standard InChI is InChI=1S/C32H27N3O6/c1-3-39-27-16-21(11-15-26(27)40-18-28(36)35-22-12-8-20(9-13-22)32(37)38-2)29-24-14-10-19-6-4-5-7-23(19)30(24)41-31(34)25(29)17-33/h4-16,29H,3,18,34H2,1-2H3,(H,35,36). The molecule has 0 radical (unpaired) electrons.